The SMILES string of the molecule is CCOC(c1ncc(I)c(Cl)n1)C(C)(C)C. The summed E-state index contributed by atoms with van der Waals surface area (Å²) in [4.78, 5) is 8.58. The third-order valence-electron chi connectivity index (χ3n) is 2.07. The van der Waals surface area contributed by atoms with Gasteiger partial charge in [0.25, 0.3) is 0 Å². The summed E-state index contributed by atoms with van der Waals surface area (Å²) in [6, 6.07) is 0. The average molecular weight is 355 g/mol. The van der Waals surface area contributed by atoms with Crippen molar-refractivity contribution in [2.75, 3.05) is 6.61 Å². The smallest absolute Gasteiger partial charge is 0.159 e. The number of nitrogens with zero attached hydrogens (tertiary/aromatic N) is 2. The van der Waals surface area contributed by atoms with Crippen LogP contribution < -0.4 is 0 Å². The molecule has 1 rings (SSSR count). The Kier molecular flexibility index (Phi) is 4.94. The van der Waals surface area contributed by atoms with Crippen LogP contribution in [0.2, 0.25) is 5.15 Å². The predicted octanol–water partition coefficient (Wildman–Crippen LogP) is 3.86. The Labute approximate surface area is 115 Å². The molecule has 1 heterocycles. The van der Waals surface area contributed by atoms with Crippen LogP contribution in [0.15, 0.2) is 6.20 Å². The van der Waals surface area contributed by atoms with Gasteiger partial charge in [0.2, 0.25) is 0 Å². The molecule has 0 bridgehead atoms. The van der Waals surface area contributed by atoms with E-state index >= 15 is 0 Å². The zero-order valence-corrected chi connectivity index (χ0v) is 12.8. The van der Waals surface area contributed by atoms with E-state index in [4.69, 9.17) is 16.3 Å². The highest BCUT2D eigenvalue weighted by atomic mass is 127. The van der Waals surface area contributed by atoms with Crippen molar-refractivity contribution in [2.24, 2.45) is 5.41 Å². The highest BCUT2D eigenvalue weighted by molar-refractivity contribution is 14.1. The highest BCUT2D eigenvalue weighted by Gasteiger charge is 2.29. The molecule has 0 radical (unpaired) electrons. The Morgan fingerprint density at radius 3 is 2.56 bits per heavy atom. The predicted molar refractivity (Wildman–Crippen MR) is 73.6 cm³/mol. The van der Waals surface area contributed by atoms with Gasteiger partial charge in [-0.3, -0.25) is 0 Å². The first-order valence-electron chi connectivity index (χ1n) is 5.15. The number of rotatable bonds is 3. The molecule has 0 saturated heterocycles. The second kappa shape index (κ2) is 5.60. The minimum absolute atomic E-state index is 0.0495. The van der Waals surface area contributed by atoms with Gasteiger partial charge in [0.15, 0.2) is 5.82 Å². The summed E-state index contributed by atoms with van der Waals surface area (Å²) in [5, 5.41) is 0.486. The molecule has 1 unspecified atom stereocenters. The van der Waals surface area contributed by atoms with Crippen LogP contribution in [0, 0.1) is 8.99 Å². The van der Waals surface area contributed by atoms with E-state index in [2.05, 4.69) is 53.3 Å². The number of ether oxygens (including phenoxy) is 1. The van der Waals surface area contributed by atoms with E-state index in [1.54, 1.807) is 6.20 Å². The molecule has 1 aromatic rings. The van der Waals surface area contributed by atoms with Crippen LogP contribution in [0.3, 0.4) is 0 Å². The first-order chi connectivity index (χ1) is 7.36. The third-order valence-corrected chi connectivity index (χ3v) is 3.47. The summed E-state index contributed by atoms with van der Waals surface area (Å²) >= 11 is 8.10. The highest BCUT2D eigenvalue weighted by Crippen LogP contribution is 2.34. The minimum atomic E-state index is -0.132. The topological polar surface area (TPSA) is 35.0 Å². The van der Waals surface area contributed by atoms with Crippen molar-refractivity contribution < 1.29 is 4.74 Å². The van der Waals surface area contributed by atoms with E-state index in [1.165, 1.54) is 0 Å². The van der Waals surface area contributed by atoms with Gasteiger partial charge >= 0.3 is 0 Å². The van der Waals surface area contributed by atoms with Crippen molar-refractivity contribution in [3.05, 3.63) is 20.7 Å². The molecule has 0 fully saturated rings. The fourth-order valence-electron chi connectivity index (χ4n) is 1.36. The molecule has 0 saturated carbocycles. The maximum atomic E-state index is 5.99. The molecule has 0 N–H and O–H groups in total. The molecule has 0 aliphatic rings. The van der Waals surface area contributed by atoms with Gasteiger partial charge < -0.3 is 4.74 Å². The van der Waals surface area contributed by atoms with Gasteiger partial charge in [-0.25, -0.2) is 9.97 Å². The van der Waals surface area contributed by atoms with Crippen molar-refractivity contribution in [3.8, 4) is 0 Å². The van der Waals surface area contributed by atoms with Gasteiger partial charge in [-0.2, -0.15) is 0 Å². The molecule has 3 nitrogen and oxygen atoms in total. The van der Waals surface area contributed by atoms with Crippen LogP contribution in [-0.2, 0) is 4.74 Å². The van der Waals surface area contributed by atoms with E-state index in [-0.39, 0.29) is 11.5 Å². The Bertz CT molecular complexity index is 365. The van der Waals surface area contributed by atoms with Crippen LogP contribution in [-0.4, -0.2) is 16.6 Å². The molecule has 90 valence electrons. The van der Waals surface area contributed by atoms with Crippen molar-refractivity contribution in [3.63, 3.8) is 0 Å². The molecule has 1 atom stereocenters. The monoisotopic (exact) mass is 354 g/mol. The normalized spacial score (nSPS) is 13.9. The molecule has 5 heteroatoms. The second-order valence-electron chi connectivity index (χ2n) is 4.57. The average Bonchev–Trinajstić information content (AvgIpc) is 2.17. The van der Waals surface area contributed by atoms with Crippen molar-refractivity contribution in [2.45, 2.75) is 33.8 Å². The number of halogens is 2. The molecule has 16 heavy (non-hydrogen) atoms. The first kappa shape index (κ1) is 14.1. The number of hydrogen-bond acceptors (Lipinski definition) is 3. The Hall–Kier alpha value is 0.0600. The fourth-order valence-corrected chi connectivity index (χ4v) is 1.76. The van der Waals surface area contributed by atoms with E-state index in [1.807, 2.05) is 6.92 Å². The van der Waals surface area contributed by atoms with Gasteiger partial charge in [-0.05, 0) is 34.9 Å². The quantitative estimate of drug-likeness (QED) is 0.611. The summed E-state index contributed by atoms with van der Waals surface area (Å²) in [5.41, 5.74) is -0.0495. The zero-order valence-electron chi connectivity index (χ0n) is 9.92. The molecule has 0 amide bonds. The lowest BCUT2D eigenvalue weighted by atomic mass is 9.88. The fraction of sp³-hybridized carbons (Fsp3) is 0.636. The van der Waals surface area contributed by atoms with Crippen LogP contribution >= 0.6 is 34.2 Å². The molecule has 0 spiro atoms. The van der Waals surface area contributed by atoms with Crippen molar-refractivity contribution in [1.82, 2.24) is 9.97 Å². The largest absolute Gasteiger partial charge is 0.370 e. The third kappa shape index (κ3) is 3.53. The van der Waals surface area contributed by atoms with E-state index in [9.17, 15) is 0 Å². The number of hydrogen-bond donors (Lipinski definition) is 0. The van der Waals surface area contributed by atoms with Gasteiger partial charge in [0.1, 0.15) is 11.3 Å². The van der Waals surface area contributed by atoms with E-state index in [0.717, 1.165) is 3.57 Å². The van der Waals surface area contributed by atoms with Crippen molar-refractivity contribution in [1.29, 1.82) is 0 Å². The van der Waals surface area contributed by atoms with Gasteiger partial charge in [-0.15, -0.1) is 0 Å². The molecular formula is C11H16ClIN2O. The van der Waals surface area contributed by atoms with Crippen molar-refractivity contribution >= 4 is 34.2 Å². The zero-order chi connectivity index (χ0) is 12.3. The Balaban J connectivity index is 3.06. The van der Waals surface area contributed by atoms with Gasteiger partial charge in [0.05, 0.1) is 3.57 Å². The summed E-state index contributed by atoms with van der Waals surface area (Å²) in [6.45, 7) is 8.90. The molecule has 0 aromatic carbocycles. The summed E-state index contributed by atoms with van der Waals surface area (Å²) in [7, 11) is 0. The van der Waals surface area contributed by atoms with Crippen LogP contribution in [0.1, 0.15) is 39.6 Å². The molecule has 0 aliphatic heterocycles. The summed E-state index contributed by atoms with van der Waals surface area (Å²) in [5.74, 6) is 0.653. The van der Waals surface area contributed by atoms with Crippen LogP contribution in [0.4, 0.5) is 0 Å². The first-order valence-corrected chi connectivity index (χ1v) is 6.61. The number of aromatic nitrogens is 2. The second-order valence-corrected chi connectivity index (χ2v) is 6.09. The molecular weight excluding hydrogens is 338 g/mol. The standard InChI is InChI=1S/C11H16ClIN2O/c1-5-16-8(11(2,3)4)10-14-6-7(13)9(12)15-10/h6,8H,5H2,1-4H3. The lowest BCUT2D eigenvalue weighted by Gasteiger charge is -2.29. The summed E-state index contributed by atoms with van der Waals surface area (Å²) < 4.78 is 6.56. The van der Waals surface area contributed by atoms with Crippen LogP contribution in [0.5, 0.6) is 0 Å². The Morgan fingerprint density at radius 2 is 2.12 bits per heavy atom. The Morgan fingerprint density at radius 1 is 1.50 bits per heavy atom. The maximum Gasteiger partial charge on any atom is 0.159 e. The lowest BCUT2D eigenvalue weighted by Crippen LogP contribution is -2.23. The molecule has 1 aromatic heterocycles. The molecule has 0 aliphatic carbocycles. The maximum absolute atomic E-state index is 5.99. The van der Waals surface area contributed by atoms with Gasteiger partial charge in [-0.1, -0.05) is 32.4 Å². The minimum Gasteiger partial charge on any atom is -0.370 e. The summed E-state index contributed by atoms with van der Waals surface area (Å²) in [6.07, 6.45) is 1.59. The van der Waals surface area contributed by atoms with E-state index < -0.39 is 0 Å². The van der Waals surface area contributed by atoms with Crippen LogP contribution in [0.25, 0.3) is 0 Å². The lowest BCUT2D eigenvalue weighted by molar-refractivity contribution is -0.0191. The van der Waals surface area contributed by atoms with E-state index in [0.29, 0.717) is 17.6 Å². The van der Waals surface area contributed by atoms with Gasteiger partial charge in [0, 0.05) is 12.8 Å².